The largest absolute Gasteiger partial charge is 0.0623 e. The molecule has 0 unspecified atom stereocenters. The standard InChI is InChI=1S/C11H10/c1-9-5-4-7-10-6-2-3-8-11(9)10/h2-8H,1H3/i4T. The van der Waals surface area contributed by atoms with Crippen molar-refractivity contribution in [2.45, 2.75) is 6.92 Å². The zero-order valence-electron chi connectivity index (χ0n) is 7.46. The van der Waals surface area contributed by atoms with Gasteiger partial charge in [0.2, 0.25) is 0 Å². The monoisotopic (exact) mass is 144 g/mol. The molecule has 0 radical (unpaired) electrons. The fraction of sp³-hybridized carbons (Fsp3) is 0.0909. The number of rotatable bonds is 0. The second-order valence-electron chi connectivity index (χ2n) is 2.73. The van der Waals surface area contributed by atoms with Gasteiger partial charge in [0.05, 0.1) is 1.37 Å². The second-order valence-corrected chi connectivity index (χ2v) is 2.73. The highest BCUT2D eigenvalue weighted by atomic mass is 14.0. The first-order valence-corrected chi connectivity index (χ1v) is 3.73. The molecule has 0 heteroatoms. The summed E-state index contributed by atoms with van der Waals surface area (Å²) >= 11 is 0. The predicted octanol–water partition coefficient (Wildman–Crippen LogP) is 3.15. The van der Waals surface area contributed by atoms with Crippen LogP contribution in [0.1, 0.15) is 6.93 Å². The van der Waals surface area contributed by atoms with Gasteiger partial charge in [-0.25, -0.2) is 0 Å². The van der Waals surface area contributed by atoms with Crippen LogP contribution in [0.3, 0.4) is 0 Å². The maximum atomic E-state index is 7.52. The number of aryl methyl sites for hydroxylation is 1. The lowest BCUT2D eigenvalue weighted by molar-refractivity contribution is 1.53. The Kier molecular flexibility index (Phi) is 1.16. The molecule has 2 aromatic carbocycles. The highest BCUT2D eigenvalue weighted by molar-refractivity contribution is 5.85. The summed E-state index contributed by atoms with van der Waals surface area (Å²) in [6.45, 7) is 2.04. The average molecular weight is 144 g/mol. The molecule has 0 spiro atoms. The maximum Gasteiger partial charge on any atom is 0.0623 e. The predicted molar refractivity (Wildman–Crippen MR) is 48.7 cm³/mol. The first-order chi connectivity index (χ1) is 5.77. The minimum atomic E-state index is 0.589. The number of hydrogen-bond donors (Lipinski definition) is 0. The van der Waals surface area contributed by atoms with Crippen molar-refractivity contribution in [1.82, 2.24) is 0 Å². The van der Waals surface area contributed by atoms with Crippen LogP contribution in [0.15, 0.2) is 42.4 Å². The highest BCUT2D eigenvalue weighted by Gasteiger charge is 1.91. The fourth-order valence-electron chi connectivity index (χ4n) is 1.32. The van der Waals surface area contributed by atoms with E-state index in [-0.39, 0.29) is 0 Å². The van der Waals surface area contributed by atoms with E-state index in [9.17, 15) is 0 Å². The van der Waals surface area contributed by atoms with Crippen LogP contribution in [-0.4, -0.2) is 0 Å². The third-order valence-corrected chi connectivity index (χ3v) is 1.92. The smallest absolute Gasteiger partial charge is 0.0616 e. The number of benzene rings is 2. The zero-order chi connectivity index (χ0) is 8.55. The molecule has 0 aliphatic carbocycles. The Morgan fingerprint density at radius 2 is 1.91 bits per heavy atom. The zero-order valence-corrected chi connectivity index (χ0v) is 6.46. The molecular weight excluding hydrogens is 132 g/mol. The van der Waals surface area contributed by atoms with Gasteiger partial charge in [0.1, 0.15) is 0 Å². The summed E-state index contributed by atoms with van der Waals surface area (Å²) in [4.78, 5) is 0. The quantitative estimate of drug-likeness (QED) is 0.532. The van der Waals surface area contributed by atoms with Gasteiger partial charge >= 0.3 is 0 Å². The van der Waals surface area contributed by atoms with Crippen molar-refractivity contribution in [3.05, 3.63) is 48.0 Å². The van der Waals surface area contributed by atoms with Crippen LogP contribution in [0.4, 0.5) is 0 Å². The molecule has 0 N–H and O–H groups in total. The molecule has 0 aromatic heterocycles. The van der Waals surface area contributed by atoms with Gasteiger partial charge in [-0.2, -0.15) is 0 Å². The molecule has 0 bridgehead atoms. The van der Waals surface area contributed by atoms with E-state index in [1.165, 1.54) is 10.9 Å². The Hall–Kier alpha value is -1.30. The van der Waals surface area contributed by atoms with Gasteiger partial charge < -0.3 is 0 Å². The normalized spacial score (nSPS) is 11.5. The second kappa shape index (κ2) is 2.39. The molecule has 0 atom stereocenters. The lowest BCUT2D eigenvalue weighted by atomic mass is 10.1. The van der Waals surface area contributed by atoms with Crippen molar-refractivity contribution < 1.29 is 1.37 Å². The van der Waals surface area contributed by atoms with Gasteiger partial charge in [-0.3, -0.25) is 0 Å². The van der Waals surface area contributed by atoms with E-state index in [4.69, 9.17) is 1.37 Å². The molecule has 0 saturated heterocycles. The average Bonchev–Trinajstić information content (AvgIpc) is 2.04. The third kappa shape index (κ3) is 1.01. The van der Waals surface area contributed by atoms with Gasteiger partial charge in [0.15, 0.2) is 0 Å². The van der Waals surface area contributed by atoms with Crippen LogP contribution < -0.4 is 0 Å². The molecule has 0 fully saturated rings. The van der Waals surface area contributed by atoms with Crippen molar-refractivity contribution in [2.24, 2.45) is 0 Å². The summed E-state index contributed by atoms with van der Waals surface area (Å²) in [5, 5.41) is 2.40. The SMILES string of the molecule is [3H]c1cc(C)c2ccccc2c1. The summed E-state index contributed by atoms with van der Waals surface area (Å²) in [6.07, 6.45) is 0. The molecular formula is C11H10. The van der Waals surface area contributed by atoms with Crippen molar-refractivity contribution in [3.8, 4) is 0 Å². The van der Waals surface area contributed by atoms with E-state index in [0.717, 1.165) is 5.39 Å². The first kappa shape index (κ1) is 5.36. The van der Waals surface area contributed by atoms with Crippen molar-refractivity contribution in [1.29, 1.82) is 0 Å². The van der Waals surface area contributed by atoms with Gasteiger partial charge in [-0.1, -0.05) is 42.4 Å². The first-order valence-electron chi connectivity index (χ1n) is 4.23. The molecule has 2 aromatic rings. The Bertz CT molecular complexity index is 418. The van der Waals surface area contributed by atoms with Crippen LogP contribution >= 0.6 is 0 Å². The molecule has 0 heterocycles. The minimum absolute atomic E-state index is 0.589. The summed E-state index contributed by atoms with van der Waals surface area (Å²) in [5.41, 5.74) is 1.18. The Morgan fingerprint density at radius 3 is 2.82 bits per heavy atom. The van der Waals surface area contributed by atoms with Crippen molar-refractivity contribution >= 4 is 10.8 Å². The maximum absolute atomic E-state index is 7.52. The third-order valence-electron chi connectivity index (χ3n) is 1.92. The lowest BCUT2D eigenvalue weighted by Crippen LogP contribution is -1.75. The van der Waals surface area contributed by atoms with Gasteiger partial charge in [0.25, 0.3) is 0 Å². The number of fused-ring (bicyclic) bond motifs is 1. The molecule has 0 aliphatic rings. The summed E-state index contributed by atoms with van der Waals surface area (Å²) < 4.78 is 7.52. The van der Waals surface area contributed by atoms with Crippen LogP contribution in [0, 0.1) is 6.92 Å². The van der Waals surface area contributed by atoms with Crippen LogP contribution in [-0.2, 0) is 0 Å². The van der Waals surface area contributed by atoms with E-state index >= 15 is 0 Å². The van der Waals surface area contributed by atoms with Gasteiger partial charge in [-0.05, 0) is 23.3 Å². The molecule has 0 amide bonds. The molecule has 0 nitrogen and oxygen atoms in total. The Labute approximate surface area is 67.9 Å². The van der Waals surface area contributed by atoms with E-state index in [0.29, 0.717) is 6.04 Å². The van der Waals surface area contributed by atoms with Gasteiger partial charge in [-0.15, -0.1) is 0 Å². The molecule has 11 heavy (non-hydrogen) atoms. The van der Waals surface area contributed by atoms with Crippen LogP contribution in [0.5, 0.6) is 0 Å². The highest BCUT2D eigenvalue weighted by Crippen LogP contribution is 2.16. The summed E-state index contributed by atoms with van der Waals surface area (Å²) in [5.74, 6) is 0. The van der Waals surface area contributed by atoms with E-state index in [2.05, 4.69) is 6.07 Å². The minimum Gasteiger partial charge on any atom is -0.0616 e. The van der Waals surface area contributed by atoms with E-state index < -0.39 is 0 Å². The Morgan fingerprint density at radius 1 is 1.09 bits per heavy atom. The molecule has 2 rings (SSSR count). The van der Waals surface area contributed by atoms with E-state index in [1.807, 2.05) is 37.3 Å². The lowest BCUT2D eigenvalue weighted by Gasteiger charge is -1.98. The van der Waals surface area contributed by atoms with E-state index in [1.54, 1.807) is 0 Å². The van der Waals surface area contributed by atoms with Crippen LogP contribution in [0.25, 0.3) is 10.8 Å². The Balaban J connectivity index is 2.89. The van der Waals surface area contributed by atoms with Gasteiger partial charge in [0, 0.05) is 0 Å². The van der Waals surface area contributed by atoms with Crippen LogP contribution in [0.2, 0.25) is 0 Å². The van der Waals surface area contributed by atoms with Crippen molar-refractivity contribution in [3.63, 3.8) is 0 Å². The molecule has 0 saturated carbocycles. The summed E-state index contributed by atoms with van der Waals surface area (Å²) in [7, 11) is 0. The molecule has 54 valence electrons. The van der Waals surface area contributed by atoms with Crippen molar-refractivity contribution in [2.75, 3.05) is 0 Å². The number of hydrogen-bond acceptors (Lipinski definition) is 0. The summed E-state index contributed by atoms with van der Waals surface area (Å²) in [6, 6.07) is 12.5. The molecule has 0 aliphatic heterocycles. The topological polar surface area (TPSA) is 0 Å². The fourth-order valence-corrected chi connectivity index (χ4v) is 1.32.